The summed E-state index contributed by atoms with van der Waals surface area (Å²) in [7, 11) is 0. The number of aromatic nitrogens is 1. The molecule has 0 radical (unpaired) electrons. The van der Waals surface area contributed by atoms with Crippen LogP contribution in [0.4, 0.5) is 5.82 Å². The fourth-order valence-electron chi connectivity index (χ4n) is 2.39. The second kappa shape index (κ2) is 9.79. The maximum absolute atomic E-state index is 12.0. The smallest absolute Gasteiger partial charge is 0.238 e. The van der Waals surface area contributed by atoms with Gasteiger partial charge in [-0.05, 0) is 20.8 Å². The van der Waals surface area contributed by atoms with Crippen LogP contribution in [0.25, 0.3) is 0 Å². The van der Waals surface area contributed by atoms with Gasteiger partial charge >= 0.3 is 0 Å². The Morgan fingerprint density at radius 1 is 1.36 bits per heavy atom. The summed E-state index contributed by atoms with van der Waals surface area (Å²) in [5.41, 5.74) is 0. The minimum atomic E-state index is -0.362. The fourth-order valence-corrected chi connectivity index (χ4v) is 3.10. The SMILES string of the molecule is Cc1cc(NC(=O)C(C)SCC(=O)NCC(C)N2CCOCC2)no1. The van der Waals surface area contributed by atoms with Crippen LogP contribution in [0.15, 0.2) is 10.6 Å². The number of morpholine rings is 1. The lowest BCUT2D eigenvalue weighted by Crippen LogP contribution is -2.47. The average molecular weight is 370 g/mol. The van der Waals surface area contributed by atoms with E-state index in [0.717, 1.165) is 26.3 Å². The van der Waals surface area contributed by atoms with Crippen LogP contribution in [-0.4, -0.2) is 71.8 Å². The number of rotatable bonds is 8. The van der Waals surface area contributed by atoms with Gasteiger partial charge in [0.05, 0.1) is 24.2 Å². The van der Waals surface area contributed by atoms with E-state index >= 15 is 0 Å². The number of ether oxygens (including phenoxy) is 1. The number of carbonyl (C=O) groups is 2. The molecule has 25 heavy (non-hydrogen) atoms. The topological polar surface area (TPSA) is 96.7 Å². The monoisotopic (exact) mass is 370 g/mol. The van der Waals surface area contributed by atoms with Crippen molar-refractivity contribution in [3.8, 4) is 0 Å². The number of thioether (sulfide) groups is 1. The minimum Gasteiger partial charge on any atom is -0.379 e. The molecule has 1 fully saturated rings. The summed E-state index contributed by atoms with van der Waals surface area (Å²) in [6, 6.07) is 1.92. The summed E-state index contributed by atoms with van der Waals surface area (Å²) in [6.45, 7) is 9.47. The van der Waals surface area contributed by atoms with Crippen molar-refractivity contribution in [3.05, 3.63) is 11.8 Å². The number of nitrogens with one attached hydrogen (secondary N) is 2. The van der Waals surface area contributed by atoms with E-state index in [1.54, 1.807) is 19.9 Å². The zero-order valence-electron chi connectivity index (χ0n) is 14.9. The Balaban J connectivity index is 1.63. The first-order valence-corrected chi connectivity index (χ1v) is 9.45. The molecule has 1 aliphatic heterocycles. The molecule has 2 amide bonds. The van der Waals surface area contributed by atoms with Gasteiger partial charge in [0.1, 0.15) is 5.76 Å². The van der Waals surface area contributed by atoms with Crippen molar-refractivity contribution in [2.75, 3.05) is 43.9 Å². The number of amides is 2. The van der Waals surface area contributed by atoms with Crippen LogP contribution in [0.2, 0.25) is 0 Å². The average Bonchev–Trinajstić information content (AvgIpc) is 3.02. The Kier molecular flexibility index (Phi) is 7.73. The van der Waals surface area contributed by atoms with Crippen molar-refractivity contribution in [3.63, 3.8) is 0 Å². The van der Waals surface area contributed by atoms with Crippen LogP contribution in [-0.2, 0) is 14.3 Å². The second-order valence-corrected chi connectivity index (χ2v) is 7.40. The van der Waals surface area contributed by atoms with Gasteiger partial charge in [0, 0.05) is 31.7 Å². The van der Waals surface area contributed by atoms with Gasteiger partial charge in [0.15, 0.2) is 5.82 Å². The molecule has 2 N–H and O–H groups in total. The molecule has 2 rings (SSSR count). The predicted octanol–water partition coefficient (Wildman–Crippen LogP) is 0.880. The summed E-state index contributed by atoms with van der Waals surface area (Å²) in [4.78, 5) is 26.3. The van der Waals surface area contributed by atoms with Gasteiger partial charge in [0.25, 0.3) is 0 Å². The van der Waals surface area contributed by atoms with Crippen molar-refractivity contribution in [1.29, 1.82) is 0 Å². The van der Waals surface area contributed by atoms with E-state index < -0.39 is 0 Å². The molecule has 9 heteroatoms. The summed E-state index contributed by atoms with van der Waals surface area (Å²) >= 11 is 1.29. The lowest BCUT2D eigenvalue weighted by Gasteiger charge is -2.32. The van der Waals surface area contributed by atoms with Gasteiger partial charge in [-0.25, -0.2) is 0 Å². The number of carbonyl (C=O) groups excluding carboxylic acids is 2. The molecular formula is C16H26N4O4S. The van der Waals surface area contributed by atoms with E-state index in [1.807, 2.05) is 0 Å². The van der Waals surface area contributed by atoms with Gasteiger partial charge in [-0.1, -0.05) is 5.16 Å². The molecule has 1 aliphatic rings. The molecule has 0 aliphatic carbocycles. The zero-order chi connectivity index (χ0) is 18.2. The maximum atomic E-state index is 12.0. The van der Waals surface area contributed by atoms with Gasteiger partial charge in [0.2, 0.25) is 11.8 Å². The molecule has 0 saturated carbocycles. The second-order valence-electron chi connectivity index (χ2n) is 6.07. The van der Waals surface area contributed by atoms with E-state index in [9.17, 15) is 9.59 Å². The molecule has 2 heterocycles. The Hall–Kier alpha value is -1.58. The van der Waals surface area contributed by atoms with Crippen LogP contribution in [0, 0.1) is 6.92 Å². The highest BCUT2D eigenvalue weighted by molar-refractivity contribution is 8.01. The molecule has 140 valence electrons. The molecule has 1 aromatic heterocycles. The van der Waals surface area contributed by atoms with E-state index in [2.05, 4.69) is 27.6 Å². The summed E-state index contributed by atoms with van der Waals surface area (Å²) < 4.78 is 10.2. The van der Waals surface area contributed by atoms with Crippen molar-refractivity contribution in [2.45, 2.75) is 32.1 Å². The lowest BCUT2D eigenvalue weighted by molar-refractivity contribution is -0.118. The first kappa shape index (κ1) is 19.7. The van der Waals surface area contributed by atoms with Gasteiger partial charge in [-0.15, -0.1) is 11.8 Å². The van der Waals surface area contributed by atoms with Crippen molar-refractivity contribution < 1.29 is 18.8 Å². The molecule has 8 nitrogen and oxygen atoms in total. The molecule has 1 saturated heterocycles. The van der Waals surface area contributed by atoms with Crippen molar-refractivity contribution in [1.82, 2.24) is 15.4 Å². The van der Waals surface area contributed by atoms with Gasteiger partial charge < -0.3 is 19.9 Å². The van der Waals surface area contributed by atoms with Crippen molar-refractivity contribution >= 4 is 29.4 Å². The molecule has 2 unspecified atom stereocenters. The van der Waals surface area contributed by atoms with Crippen LogP contribution in [0.5, 0.6) is 0 Å². The van der Waals surface area contributed by atoms with E-state index in [0.29, 0.717) is 18.1 Å². The van der Waals surface area contributed by atoms with Gasteiger partial charge in [-0.3, -0.25) is 14.5 Å². The molecular weight excluding hydrogens is 344 g/mol. The van der Waals surface area contributed by atoms with E-state index in [4.69, 9.17) is 9.26 Å². The number of nitrogens with zero attached hydrogens (tertiary/aromatic N) is 2. The molecule has 0 aromatic carbocycles. The minimum absolute atomic E-state index is 0.0676. The number of hydrogen-bond donors (Lipinski definition) is 2. The van der Waals surface area contributed by atoms with Gasteiger partial charge in [-0.2, -0.15) is 0 Å². The highest BCUT2D eigenvalue weighted by Crippen LogP contribution is 2.14. The predicted molar refractivity (Wildman–Crippen MR) is 96.7 cm³/mol. The highest BCUT2D eigenvalue weighted by atomic mass is 32.2. The van der Waals surface area contributed by atoms with E-state index in [-0.39, 0.29) is 28.9 Å². The fraction of sp³-hybridized carbons (Fsp3) is 0.688. The molecule has 2 atom stereocenters. The van der Waals surface area contributed by atoms with E-state index in [1.165, 1.54) is 11.8 Å². The molecule has 1 aromatic rings. The highest BCUT2D eigenvalue weighted by Gasteiger charge is 2.19. The third kappa shape index (κ3) is 6.68. The first-order valence-electron chi connectivity index (χ1n) is 8.40. The number of aryl methyl sites for hydroxylation is 1. The normalized spacial score (nSPS) is 17.7. The summed E-state index contributed by atoms with van der Waals surface area (Å²) in [6.07, 6.45) is 0. The zero-order valence-corrected chi connectivity index (χ0v) is 15.7. The third-order valence-corrected chi connectivity index (χ3v) is 5.12. The Morgan fingerprint density at radius 3 is 2.72 bits per heavy atom. The maximum Gasteiger partial charge on any atom is 0.238 e. The Morgan fingerprint density at radius 2 is 2.08 bits per heavy atom. The van der Waals surface area contributed by atoms with Crippen LogP contribution in [0.3, 0.4) is 0 Å². The number of hydrogen-bond acceptors (Lipinski definition) is 7. The molecule has 0 spiro atoms. The Labute approximate surface area is 152 Å². The quantitative estimate of drug-likeness (QED) is 0.701. The summed E-state index contributed by atoms with van der Waals surface area (Å²) in [5, 5.41) is 8.95. The van der Waals surface area contributed by atoms with Crippen LogP contribution >= 0.6 is 11.8 Å². The number of anilines is 1. The van der Waals surface area contributed by atoms with Crippen LogP contribution in [0.1, 0.15) is 19.6 Å². The first-order chi connectivity index (χ1) is 12.0. The standard InChI is InChI=1S/C16H26N4O4S/c1-11(20-4-6-23-7-5-20)9-17-15(21)10-25-13(3)16(22)18-14-8-12(2)24-19-14/h8,11,13H,4-7,9-10H2,1-3H3,(H,17,21)(H,18,19,22). The third-order valence-electron chi connectivity index (χ3n) is 3.98. The van der Waals surface area contributed by atoms with Crippen molar-refractivity contribution in [2.24, 2.45) is 0 Å². The Bertz CT molecular complexity index is 574. The summed E-state index contributed by atoms with van der Waals surface area (Å²) in [5.74, 6) is 0.986. The largest absolute Gasteiger partial charge is 0.379 e. The molecule has 0 bridgehead atoms. The van der Waals surface area contributed by atoms with Crippen LogP contribution < -0.4 is 10.6 Å². The lowest BCUT2D eigenvalue weighted by atomic mass is 10.2.